The normalized spacial score (nSPS) is 15.9. The summed E-state index contributed by atoms with van der Waals surface area (Å²) in [5, 5.41) is 10.6. The Labute approximate surface area is 157 Å². The largest absolute Gasteiger partial charge is 0.328 e. The third-order valence-corrected chi connectivity index (χ3v) is 4.79. The Morgan fingerprint density at radius 3 is 2.70 bits per heavy atom. The summed E-state index contributed by atoms with van der Waals surface area (Å²) in [7, 11) is 0. The fraction of sp³-hybridized carbons (Fsp3) is 0.190. The number of anilines is 2. The minimum Gasteiger partial charge on any atom is -0.328 e. The highest BCUT2D eigenvalue weighted by molar-refractivity contribution is 6.06. The first-order chi connectivity index (χ1) is 13.0. The average Bonchev–Trinajstić information content (AvgIpc) is 3.10. The quantitative estimate of drug-likeness (QED) is 0.746. The van der Waals surface area contributed by atoms with Crippen LogP contribution in [0.5, 0.6) is 0 Å². The van der Waals surface area contributed by atoms with E-state index in [4.69, 9.17) is 0 Å². The Morgan fingerprint density at radius 2 is 1.93 bits per heavy atom. The van der Waals surface area contributed by atoms with Crippen molar-refractivity contribution in [3.63, 3.8) is 0 Å². The van der Waals surface area contributed by atoms with Gasteiger partial charge in [-0.1, -0.05) is 48.0 Å². The number of aryl methyl sites for hydroxylation is 2. The van der Waals surface area contributed by atoms with Gasteiger partial charge in [-0.3, -0.25) is 4.79 Å². The second kappa shape index (κ2) is 6.72. The van der Waals surface area contributed by atoms with Crippen molar-refractivity contribution >= 4 is 17.5 Å². The monoisotopic (exact) mass is 359 g/mol. The van der Waals surface area contributed by atoms with Crippen molar-refractivity contribution in [3.05, 3.63) is 82.8 Å². The van der Waals surface area contributed by atoms with Crippen molar-refractivity contribution in [2.75, 3.05) is 10.6 Å². The Balaban J connectivity index is 1.79. The minimum atomic E-state index is -0.340. The van der Waals surface area contributed by atoms with E-state index in [0.717, 1.165) is 28.1 Å². The molecular formula is C21H21N5O. The molecule has 27 heavy (non-hydrogen) atoms. The minimum absolute atomic E-state index is 0.151. The predicted octanol–water partition coefficient (Wildman–Crippen LogP) is 3.82. The second-order valence-electron chi connectivity index (χ2n) is 6.78. The van der Waals surface area contributed by atoms with Crippen LogP contribution in [0.3, 0.4) is 0 Å². The van der Waals surface area contributed by atoms with Gasteiger partial charge in [0.25, 0.3) is 5.91 Å². The smallest absolute Gasteiger partial charge is 0.255 e. The number of nitrogens with zero attached hydrogens (tertiary/aromatic N) is 3. The molecule has 0 saturated carbocycles. The highest BCUT2D eigenvalue weighted by Crippen LogP contribution is 2.35. The number of amides is 1. The van der Waals surface area contributed by atoms with Crippen LogP contribution in [0.1, 0.15) is 29.7 Å². The fourth-order valence-corrected chi connectivity index (χ4v) is 3.44. The highest BCUT2D eigenvalue weighted by atomic mass is 16.1. The number of benzene rings is 2. The van der Waals surface area contributed by atoms with E-state index in [0.29, 0.717) is 11.5 Å². The number of carbonyl (C=O) groups is 1. The van der Waals surface area contributed by atoms with Crippen LogP contribution in [0.4, 0.5) is 11.6 Å². The van der Waals surface area contributed by atoms with Crippen LogP contribution in [0.2, 0.25) is 0 Å². The molecule has 2 N–H and O–H groups in total. The van der Waals surface area contributed by atoms with E-state index in [1.54, 1.807) is 4.68 Å². The van der Waals surface area contributed by atoms with Gasteiger partial charge in [0.05, 0.1) is 5.57 Å². The molecule has 0 bridgehead atoms. The molecule has 1 atom stereocenters. The summed E-state index contributed by atoms with van der Waals surface area (Å²) >= 11 is 0. The molecule has 1 amide bonds. The first-order valence-corrected chi connectivity index (χ1v) is 8.85. The lowest BCUT2D eigenvalue weighted by atomic mass is 9.94. The number of aromatic nitrogens is 3. The van der Waals surface area contributed by atoms with Crippen molar-refractivity contribution in [2.45, 2.75) is 26.8 Å². The second-order valence-corrected chi connectivity index (χ2v) is 6.78. The predicted molar refractivity (Wildman–Crippen MR) is 105 cm³/mol. The van der Waals surface area contributed by atoms with Gasteiger partial charge >= 0.3 is 0 Å². The van der Waals surface area contributed by atoms with E-state index in [9.17, 15) is 4.79 Å². The van der Waals surface area contributed by atoms with Crippen LogP contribution in [0.25, 0.3) is 0 Å². The van der Waals surface area contributed by atoms with Crippen LogP contribution in [0.15, 0.2) is 66.1 Å². The van der Waals surface area contributed by atoms with E-state index >= 15 is 0 Å². The number of rotatable bonds is 3. The van der Waals surface area contributed by atoms with Crippen LogP contribution >= 0.6 is 0 Å². The summed E-state index contributed by atoms with van der Waals surface area (Å²) in [5.41, 5.74) is 5.34. The maximum absolute atomic E-state index is 13.3. The van der Waals surface area contributed by atoms with Gasteiger partial charge < -0.3 is 10.6 Å². The zero-order valence-corrected chi connectivity index (χ0v) is 15.5. The Bertz CT molecular complexity index is 1050. The van der Waals surface area contributed by atoms with Crippen LogP contribution in [0, 0.1) is 13.8 Å². The number of nitrogens with one attached hydrogen (secondary N) is 2. The molecule has 2 aromatic carbocycles. The molecule has 0 spiro atoms. The topological polar surface area (TPSA) is 71.8 Å². The highest BCUT2D eigenvalue weighted by Gasteiger charge is 2.33. The van der Waals surface area contributed by atoms with E-state index in [2.05, 4.69) is 26.8 Å². The Morgan fingerprint density at radius 1 is 1.11 bits per heavy atom. The molecule has 3 aromatic rings. The summed E-state index contributed by atoms with van der Waals surface area (Å²) in [5.74, 6) is 0.480. The third-order valence-electron chi connectivity index (χ3n) is 4.79. The van der Waals surface area contributed by atoms with Crippen molar-refractivity contribution < 1.29 is 4.79 Å². The molecule has 0 fully saturated rings. The van der Waals surface area contributed by atoms with Gasteiger partial charge in [0, 0.05) is 11.4 Å². The van der Waals surface area contributed by atoms with E-state index < -0.39 is 0 Å². The lowest BCUT2D eigenvalue weighted by Crippen LogP contribution is -2.31. The number of hydrogen-bond donors (Lipinski definition) is 2. The Hall–Kier alpha value is -3.41. The lowest BCUT2D eigenvalue weighted by molar-refractivity contribution is -0.113. The fourth-order valence-electron chi connectivity index (χ4n) is 3.44. The zero-order chi connectivity index (χ0) is 19.0. The average molecular weight is 359 g/mol. The molecule has 1 aromatic heterocycles. The molecule has 0 saturated heterocycles. The standard InChI is InChI=1S/C21H21N5O/c1-13-7-6-9-16(11-13)19-18(15(3)24-21-22-12-23-26(19)21)20(27)25-17-10-5-4-8-14(17)2/h4-12,19H,1-3H3,(H,25,27)(H,22,23,24). The molecule has 0 aliphatic carbocycles. The molecule has 1 aliphatic heterocycles. The Kier molecular flexibility index (Phi) is 4.24. The summed E-state index contributed by atoms with van der Waals surface area (Å²) in [4.78, 5) is 17.5. The van der Waals surface area contributed by atoms with Gasteiger partial charge in [-0.05, 0) is 38.0 Å². The van der Waals surface area contributed by atoms with Gasteiger partial charge in [0.2, 0.25) is 5.95 Å². The molecule has 4 rings (SSSR count). The molecular weight excluding hydrogens is 338 g/mol. The van der Waals surface area contributed by atoms with Crippen LogP contribution < -0.4 is 10.6 Å². The number of fused-ring (bicyclic) bond motifs is 1. The summed E-state index contributed by atoms with van der Waals surface area (Å²) < 4.78 is 1.76. The third kappa shape index (κ3) is 3.10. The van der Waals surface area contributed by atoms with Gasteiger partial charge in [-0.25, -0.2) is 4.68 Å². The molecule has 1 aliphatic rings. The van der Waals surface area contributed by atoms with Gasteiger partial charge in [-0.2, -0.15) is 10.1 Å². The maximum Gasteiger partial charge on any atom is 0.255 e. The van der Waals surface area contributed by atoms with Crippen molar-refractivity contribution in [1.82, 2.24) is 14.8 Å². The number of hydrogen-bond acceptors (Lipinski definition) is 4. The molecule has 2 heterocycles. The number of para-hydroxylation sites is 1. The number of allylic oxidation sites excluding steroid dienone is 1. The molecule has 6 heteroatoms. The molecule has 6 nitrogen and oxygen atoms in total. The summed E-state index contributed by atoms with van der Waals surface area (Å²) in [6, 6.07) is 15.5. The van der Waals surface area contributed by atoms with E-state index in [-0.39, 0.29) is 11.9 Å². The molecule has 0 radical (unpaired) electrons. The molecule has 136 valence electrons. The summed E-state index contributed by atoms with van der Waals surface area (Å²) in [6.07, 6.45) is 1.50. The van der Waals surface area contributed by atoms with Gasteiger partial charge in [0.1, 0.15) is 12.4 Å². The zero-order valence-electron chi connectivity index (χ0n) is 15.5. The first kappa shape index (κ1) is 17.0. The molecule has 1 unspecified atom stereocenters. The van der Waals surface area contributed by atoms with E-state index in [1.165, 1.54) is 6.33 Å². The van der Waals surface area contributed by atoms with Crippen molar-refractivity contribution in [2.24, 2.45) is 0 Å². The number of carbonyl (C=O) groups excluding carboxylic acids is 1. The van der Waals surface area contributed by atoms with Crippen LogP contribution in [-0.4, -0.2) is 20.7 Å². The van der Waals surface area contributed by atoms with Gasteiger partial charge in [0.15, 0.2) is 0 Å². The van der Waals surface area contributed by atoms with Crippen molar-refractivity contribution in [1.29, 1.82) is 0 Å². The van der Waals surface area contributed by atoms with Crippen molar-refractivity contribution in [3.8, 4) is 0 Å². The first-order valence-electron chi connectivity index (χ1n) is 8.85. The lowest BCUT2D eigenvalue weighted by Gasteiger charge is -2.29. The van der Waals surface area contributed by atoms with Gasteiger partial charge in [-0.15, -0.1) is 0 Å². The summed E-state index contributed by atoms with van der Waals surface area (Å²) in [6.45, 7) is 5.91. The van der Waals surface area contributed by atoms with E-state index in [1.807, 2.05) is 63.2 Å². The maximum atomic E-state index is 13.3. The SMILES string of the molecule is CC1=C(C(=O)Nc2ccccc2C)C(c2cccc(C)c2)n2ncnc2N1. The van der Waals surface area contributed by atoms with Crippen LogP contribution in [-0.2, 0) is 4.79 Å².